The maximum absolute atomic E-state index is 8.81. The van der Waals surface area contributed by atoms with Crippen molar-refractivity contribution in [2.24, 2.45) is 15.4 Å². The van der Waals surface area contributed by atoms with E-state index in [1.165, 1.54) is 57.4 Å². The van der Waals surface area contributed by atoms with Crippen LogP contribution in [0, 0.1) is 12.3 Å². The molecule has 4 nitrogen and oxygen atoms in total. The standard InChI is InChI=1S/C22H29N3.C8H18.C4H10.C2H4O.C2H6/c1-15(2)24-22(20-9-7-8-16(3)14-20)18(5)17(4)12-13-23-19(6)25-21-10-11-21;1-5-6-7-8(2,3)4;1-3-4-2;1-2-3;1-2/h7-9,12-14,21H,4,10-11H2,1-3,5-6H3,(H,23,25);5-7H2,1-4H3;3-4H2,1-2H3;2H,1H3;1-2H3/b13-12-,22-18+;;;;. The molecule has 1 aromatic rings. The zero-order valence-electron chi connectivity index (χ0n) is 30.1. The van der Waals surface area contributed by atoms with Gasteiger partial charge in [0.15, 0.2) is 0 Å². The van der Waals surface area contributed by atoms with Gasteiger partial charge in [0.2, 0.25) is 0 Å². The molecule has 0 heterocycles. The highest BCUT2D eigenvalue weighted by atomic mass is 16.1. The summed E-state index contributed by atoms with van der Waals surface area (Å²) in [6.45, 7) is 33.3. The molecule has 1 aromatic carbocycles. The number of nitrogens with zero attached hydrogens (tertiary/aromatic N) is 2. The summed E-state index contributed by atoms with van der Waals surface area (Å²) in [5.74, 6) is 0.953. The lowest BCUT2D eigenvalue weighted by molar-refractivity contribution is -0.106. The fraction of sp³-hybridized carbons (Fsp3) is 0.605. The molecule has 0 radical (unpaired) electrons. The smallest absolute Gasteiger partial charge is 0.116 e. The Morgan fingerprint density at radius 2 is 1.57 bits per heavy atom. The molecule has 4 heteroatoms. The van der Waals surface area contributed by atoms with Crippen molar-refractivity contribution in [2.75, 3.05) is 0 Å². The second-order valence-electron chi connectivity index (χ2n) is 11.8. The van der Waals surface area contributed by atoms with Crippen molar-refractivity contribution in [2.45, 2.75) is 148 Å². The number of benzene rings is 1. The number of allylic oxidation sites excluding steroid dienone is 3. The number of hydrogen-bond acceptors (Lipinski definition) is 3. The molecule has 1 fully saturated rings. The molecule has 42 heavy (non-hydrogen) atoms. The SMILES string of the molecule is C=C(/C=C\NC(C)=NC1CC1)/C(C)=C(/N=C(C)C)c1cccc(C)c1.CC.CC=O.CCCC.CCCCC(C)(C)C. The molecule has 0 amide bonds. The van der Waals surface area contributed by atoms with Gasteiger partial charge in [-0.25, -0.2) is 0 Å². The van der Waals surface area contributed by atoms with Crippen LogP contribution in [-0.4, -0.2) is 23.9 Å². The number of aliphatic imine (C=N–C) groups is 2. The van der Waals surface area contributed by atoms with Gasteiger partial charge in [-0.3, -0.25) is 9.98 Å². The van der Waals surface area contributed by atoms with Crippen LogP contribution in [0.3, 0.4) is 0 Å². The zero-order valence-corrected chi connectivity index (χ0v) is 30.1. The van der Waals surface area contributed by atoms with Crippen LogP contribution < -0.4 is 5.32 Å². The van der Waals surface area contributed by atoms with E-state index in [-0.39, 0.29) is 0 Å². The minimum Gasteiger partial charge on any atom is -0.351 e. The number of carbonyl (C=O) groups excluding carboxylic acids is 1. The van der Waals surface area contributed by atoms with Gasteiger partial charge in [-0.2, -0.15) is 0 Å². The Morgan fingerprint density at radius 1 is 1.02 bits per heavy atom. The largest absolute Gasteiger partial charge is 0.351 e. The molecular weight excluding hydrogens is 514 g/mol. The van der Waals surface area contributed by atoms with E-state index >= 15 is 0 Å². The summed E-state index contributed by atoms with van der Waals surface area (Å²) in [6.07, 6.45) is 13.8. The molecule has 0 bridgehead atoms. The van der Waals surface area contributed by atoms with Gasteiger partial charge in [-0.05, 0) is 89.5 Å². The summed E-state index contributed by atoms with van der Waals surface area (Å²) in [7, 11) is 0. The van der Waals surface area contributed by atoms with E-state index in [1.807, 2.05) is 46.9 Å². The Balaban J connectivity index is -0.000000737. The van der Waals surface area contributed by atoms with Gasteiger partial charge < -0.3 is 10.1 Å². The average Bonchev–Trinajstić information content (AvgIpc) is 3.75. The number of carbonyl (C=O) groups is 1. The van der Waals surface area contributed by atoms with Crippen molar-refractivity contribution >= 4 is 23.5 Å². The number of unbranched alkanes of at least 4 members (excludes halogenated alkanes) is 2. The lowest BCUT2D eigenvalue weighted by Crippen LogP contribution is -2.13. The van der Waals surface area contributed by atoms with Crippen LogP contribution in [0.1, 0.15) is 146 Å². The van der Waals surface area contributed by atoms with Crippen LogP contribution in [-0.2, 0) is 4.79 Å². The van der Waals surface area contributed by atoms with Crippen molar-refractivity contribution in [1.82, 2.24) is 5.32 Å². The zero-order chi connectivity index (χ0) is 33.1. The molecule has 0 saturated heterocycles. The first kappa shape index (κ1) is 43.7. The van der Waals surface area contributed by atoms with E-state index in [1.54, 1.807) is 0 Å². The molecule has 0 aromatic heterocycles. The van der Waals surface area contributed by atoms with E-state index in [2.05, 4.69) is 96.5 Å². The summed E-state index contributed by atoms with van der Waals surface area (Å²) in [5.41, 5.74) is 6.90. The fourth-order valence-corrected chi connectivity index (χ4v) is 3.14. The van der Waals surface area contributed by atoms with E-state index in [4.69, 9.17) is 9.79 Å². The number of rotatable bonds is 9. The number of amidine groups is 1. The van der Waals surface area contributed by atoms with Gasteiger partial charge >= 0.3 is 0 Å². The lowest BCUT2D eigenvalue weighted by atomic mass is 9.90. The lowest BCUT2D eigenvalue weighted by Gasteiger charge is -2.16. The van der Waals surface area contributed by atoms with Crippen LogP contribution >= 0.6 is 0 Å². The molecule has 240 valence electrons. The highest BCUT2D eigenvalue weighted by molar-refractivity contribution is 5.87. The first-order valence-corrected chi connectivity index (χ1v) is 16.1. The maximum Gasteiger partial charge on any atom is 0.116 e. The third-order valence-corrected chi connectivity index (χ3v) is 5.74. The van der Waals surface area contributed by atoms with Gasteiger partial charge in [0.25, 0.3) is 0 Å². The van der Waals surface area contributed by atoms with E-state index < -0.39 is 0 Å². The minimum atomic E-state index is 0.528. The normalized spacial score (nSPS) is 12.9. The third kappa shape index (κ3) is 27.4. The second-order valence-corrected chi connectivity index (χ2v) is 11.8. The Kier molecular flexibility index (Phi) is 28.2. The van der Waals surface area contributed by atoms with Crippen LogP contribution in [0.5, 0.6) is 0 Å². The third-order valence-electron chi connectivity index (χ3n) is 5.74. The predicted molar refractivity (Wildman–Crippen MR) is 193 cm³/mol. The summed E-state index contributed by atoms with van der Waals surface area (Å²) < 4.78 is 0. The molecule has 1 saturated carbocycles. The van der Waals surface area contributed by atoms with Gasteiger partial charge in [0, 0.05) is 17.5 Å². The number of aryl methyl sites for hydroxylation is 1. The number of aldehydes is 1. The van der Waals surface area contributed by atoms with E-state index in [0.717, 1.165) is 40.2 Å². The molecule has 1 aliphatic carbocycles. The van der Waals surface area contributed by atoms with E-state index in [9.17, 15) is 0 Å². The topological polar surface area (TPSA) is 53.8 Å². The van der Waals surface area contributed by atoms with Crippen LogP contribution in [0.2, 0.25) is 0 Å². The highest BCUT2D eigenvalue weighted by Crippen LogP contribution is 2.26. The molecule has 0 spiro atoms. The summed E-state index contributed by atoms with van der Waals surface area (Å²) in [6, 6.07) is 8.95. The quantitative estimate of drug-likeness (QED) is 0.136. The highest BCUT2D eigenvalue weighted by Gasteiger charge is 2.19. The summed E-state index contributed by atoms with van der Waals surface area (Å²) >= 11 is 0. The fourth-order valence-electron chi connectivity index (χ4n) is 3.14. The average molecular weight is 582 g/mol. The van der Waals surface area contributed by atoms with Gasteiger partial charge in [0.05, 0.1) is 17.6 Å². The van der Waals surface area contributed by atoms with Crippen molar-refractivity contribution in [1.29, 1.82) is 0 Å². The monoisotopic (exact) mass is 582 g/mol. The van der Waals surface area contributed by atoms with Crippen molar-refractivity contribution in [3.8, 4) is 0 Å². The van der Waals surface area contributed by atoms with Crippen molar-refractivity contribution < 1.29 is 4.79 Å². The molecule has 2 rings (SSSR count). The number of hydrogen-bond donors (Lipinski definition) is 1. The molecule has 0 unspecified atom stereocenters. The van der Waals surface area contributed by atoms with Crippen LogP contribution in [0.25, 0.3) is 5.70 Å². The van der Waals surface area contributed by atoms with Crippen molar-refractivity contribution in [3.05, 3.63) is 65.4 Å². The first-order chi connectivity index (χ1) is 19.8. The summed E-state index contributed by atoms with van der Waals surface area (Å²) in [4.78, 5) is 18.1. The van der Waals surface area contributed by atoms with Crippen LogP contribution in [0.4, 0.5) is 0 Å². The maximum atomic E-state index is 8.81. The Morgan fingerprint density at radius 3 is 1.95 bits per heavy atom. The molecular formula is C38H67N3O. The first-order valence-electron chi connectivity index (χ1n) is 16.1. The van der Waals surface area contributed by atoms with Gasteiger partial charge in [-0.1, -0.05) is 111 Å². The van der Waals surface area contributed by atoms with Gasteiger partial charge in [-0.15, -0.1) is 0 Å². The molecule has 0 atom stereocenters. The van der Waals surface area contributed by atoms with Crippen LogP contribution in [0.15, 0.2) is 64.3 Å². The molecule has 1 N–H and O–H groups in total. The minimum absolute atomic E-state index is 0.528. The predicted octanol–water partition coefficient (Wildman–Crippen LogP) is 11.7. The van der Waals surface area contributed by atoms with Gasteiger partial charge in [0.1, 0.15) is 6.29 Å². The Hall–Kier alpha value is -2.75. The van der Waals surface area contributed by atoms with Crippen molar-refractivity contribution in [3.63, 3.8) is 0 Å². The number of nitrogens with one attached hydrogen (secondary N) is 1. The summed E-state index contributed by atoms with van der Waals surface area (Å²) in [5, 5.41) is 3.22. The molecule has 0 aliphatic heterocycles. The molecule has 1 aliphatic rings. The second kappa shape index (κ2) is 27.1. The van der Waals surface area contributed by atoms with E-state index in [0.29, 0.717) is 11.5 Å². The Labute approximate surface area is 262 Å². The Bertz CT molecular complexity index is 964.